The van der Waals surface area contributed by atoms with Crippen LogP contribution in [-0.2, 0) is 14.8 Å². The fraction of sp³-hybridized carbons (Fsp3) is 0.235. The number of hydrogen-bond donors (Lipinski definition) is 1. The maximum Gasteiger partial charge on any atom is 0.291 e. The molecule has 1 aliphatic heterocycles. The van der Waals surface area contributed by atoms with Crippen LogP contribution in [0.2, 0.25) is 0 Å². The van der Waals surface area contributed by atoms with Crippen LogP contribution in [0.25, 0.3) is 11.0 Å². The van der Waals surface area contributed by atoms with Crippen LogP contribution in [0, 0.1) is 0 Å². The molecule has 3 aromatic rings. The minimum Gasteiger partial charge on any atom is -0.449 e. The molecule has 1 aliphatic rings. The number of carbonyl (C=O) groups excluding carboxylic acids is 1. The molecule has 0 atom stereocenters. The van der Waals surface area contributed by atoms with Crippen LogP contribution in [0.15, 0.2) is 48.8 Å². The van der Waals surface area contributed by atoms with E-state index in [0.717, 1.165) is 11.3 Å². The van der Waals surface area contributed by atoms with Gasteiger partial charge in [-0.15, -0.1) is 11.3 Å². The predicted molar refractivity (Wildman–Crippen MR) is 106 cm³/mol. The van der Waals surface area contributed by atoms with E-state index < -0.39 is 10.0 Å². The Morgan fingerprint density at radius 2 is 1.89 bits per heavy atom. The van der Waals surface area contributed by atoms with Gasteiger partial charge in [0.15, 0.2) is 0 Å². The number of morpholine rings is 1. The van der Waals surface area contributed by atoms with Crippen LogP contribution < -0.4 is 4.72 Å². The predicted octanol–water partition coefficient (Wildman–Crippen LogP) is 3.53. The highest BCUT2D eigenvalue weighted by Gasteiger charge is 2.29. The lowest BCUT2D eigenvalue weighted by Gasteiger charge is -2.26. The average Bonchev–Trinajstić information content (AvgIpc) is 3.26. The number of ether oxygens (including phenoxy) is 1. The number of nitrogens with one attached hydrogen (secondary N) is 1. The maximum absolute atomic E-state index is 13.0. The van der Waals surface area contributed by atoms with Gasteiger partial charge in [0.05, 0.1) is 17.0 Å². The van der Waals surface area contributed by atoms with E-state index in [-0.39, 0.29) is 21.6 Å². The molecule has 1 amide bonds. The number of benzene rings is 1. The number of para-hydroxylation sites is 1. The standard InChI is InChI=1S/C17H15BrN2O5S2/c18-13-5-6-14(26-13)27(22,23)19-15-11-3-1-2-4-12(11)25-16(15)17(21)20-7-9-24-10-8-20/h1-6,19H,7-10H2. The van der Waals surface area contributed by atoms with Crippen LogP contribution in [0.5, 0.6) is 0 Å². The molecule has 3 heterocycles. The molecule has 0 aliphatic carbocycles. The van der Waals surface area contributed by atoms with Crippen molar-refractivity contribution in [3.8, 4) is 0 Å². The summed E-state index contributed by atoms with van der Waals surface area (Å²) in [5.41, 5.74) is 0.603. The zero-order valence-corrected chi connectivity index (χ0v) is 17.2. The van der Waals surface area contributed by atoms with E-state index in [4.69, 9.17) is 9.15 Å². The van der Waals surface area contributed by atoms with Gasteiger partial charge in [-0.05, 0) is 40.2 Å². The summed E-state index contributed by atoms with van der Waals surface area (Å²) < 4.78 is 40.0. The van der Waals surface area contributed by atoms with E-state index in [1.807, 2.05) is 0 Å². The molecular formula is C17H15BrN2O5S2. The number of rotatable bonds is 4. The molecule has 1 aromatic carbocycles. The van der Waals surface area contributed by atoms with E-state index >= 15 is 0 Å². The zero-order chi connectivity index (χ0) is 19.0. The second-order valence-electron chi connectivity index (χ2n) is 5.87. The first-order valence-electron chi connectivity index (χ1n) is 8.12. The molecule has 0 unspecified atom stereocenters. The van der Waals surface area contributed by atoms with Gasteiger partial charge in [-0.3, -0.25) is 9.52 Å². The molecular weight excluding hydrogens is 456 g/mol. The van der Waals surface area contributed by atoms with Crippen LogP contribution >= 0.6 is 27.3 Å². The number of amides is 1. The van der Waals surface area contributed by atoms with Crippen molar-refractivity contribution >= 4 is 59.9 Å². The molecule has 2 aromatic heterocycles. The van der Waals surface area contributed by atoms with E-state index in [1.165, 1.54) is 6.07 Å². The van der Waals surface area contributed by atoms with Crippen LogP contribution in [0.4, 0.5) is 5.69 Å². The van der Waals surface area contributed by atoms with Crippen molar-refractivity contribution in [3.63, 3.8) is 0 Å². The number of furan rings is 1. The number of sulfonamides is 1. The molecule has 0 spiro atoms. The van der Waals surface area contributed by atoms with Crippen LogP contribution in [0.3, 0.4) is 0 Å². The van der Waals surface area contributed by atoms with Crippen molar-refractivity contribution in [2.24, 2.45) is 0 Å². The first kappa shape index (κ1) is 18.5. The minimum atomic E-state index is -3.86. The fourth-order valence-electron chi connectivity index (χ4n) is 2.83. The zero-order valence-electron chi connectivity index (χ0n) is 14.0. The highest BCUT2D eigenvalue weighted by atomic mass is 79.9. The fourth-order valence-corrected chi connectivity index (χ4v) is 5.93. The molecule has 0 saturated carbocycles. The molecule has 7 nitrogen and oxygen atoms in total. The lowest BCUT2D eigenvalue weighted by molar-refractivity contribution is 0.0285. The Bertz CT molecular complexity index is 1100. The first-order chi connectivity index (χ1) is 13.0. The van der Waals surface area contributed by atoms with Crippen molar-refractivity contribution in [1.29, 1.82) is 0 Å². The monoisotopic (exact) mass is 470 g/mol. The Morgan fingerprint density at radius 1 is 1.15 bits per heavy atom. The number of carbonyl (C=O) groups is 1. The molecule has 0 radical (unpaired) electrons. The summed E-state index contributed by atoms with van der Waals surface area (Å²) >= 11 is 4.36. The Morgan fingerprint density at radius 3 is 2.59 bits per heavy atom. The summed E-state index contributed by atoms with van der Waals surface area (Å²) in [4.78, 5) is 14.6. The molecule has 10 heteroatoms. The second-order valence-corrected chi connectivity index (χ2v) is 10.2. The maximum atomic E-state index is 13.0. The molecule has 4 rings (SSSR count). The summed E-state index contributed by atoms with van der Waals surface area (Å²) in [6.45, 7) is 1.74. The van der Waals surface area contributed by atoms with Crippen LogP contribution in [0.1, 0.15) is 10.6 Å². The quantitative estimate of drug-likeness (QED) is 0.629. The molecule has 27 heavy (non-hydrogen) atoms. The van der Waals surface area contributed by atoms with Gasteiger partial charge >= 0.3 is 0 Å². The number of thiophene rings is 1. The van der Waals surface area contributed by atoms with Crippen LogP contribution in [-0.4, -0.2) is 45.5 Å². The number of anilines is 1. The van der Waals surface area contributed by atoms with Gasteiger partial charge in [-0.2, -0.15) is 0 Å². The van der Waals surface area contributed by atoms with Gasteiger partial charge in [0, 0.05) is 18.5 Å². The molecule has 142 valence electrons. The highest BCUT2D eigenvalue weighted by Crippen LogP contribution is 2.35. The van der Waals surface area contributed by atoms with Crippen molar-refractivity contribution in [3.05, 3.63) is 45.9 Å². The van der Waals surface area contributed by atoms with E-state index in [1.54, 1.807) is 35.2 Å². The Balaban J connectivity index is 1.77. The Labute approximate surface area is 168 Å². The molecule has 1 fully saturated rings. The number of hydrogen-bond acceptors (Lipinski definition) is 6. The Hall–Kier alpha value is -1.88. The van der Waals surface area contributed by atoms with Gasteiger partial charge in [0.2, 0.25) is 5.76 Å². The van der Waals surface area contributed by atoms with E-state index in [9.17, 15) is 13.2 Å². The average molecular weight is 471 g/mol. The lowest BCUT2D eigenvalue weighted by Crippen LogP contribution is -2.40. The van der Waals surface area contributed by atoms with E-state index in [2.05, 4.69) is 20.7 Å². The summed E-state index contributed by atoms with van der Waals surface area (Å²) in [5, 5.41) is 0.535. The molecule has 1 N–H and O–H groups in total. The van der Waals surface area contributed by atoms with Gasteiger partial charge in [-0.25, -0.2) is 8.42 Å². The summed E-state index contributed by atoms with van der Waals surface area (Å²) in [5.74, 6) is -0.378. The van der Waals surface area contributed by atoms with Crippen molar-refractivity contribution in [2.75, 3.05) is 31.0 Å². The first-order valence-corrected chi connectivity index (χ1v) is 11.2. The third-order valence-electron chi connectivity index (χ3n) is 4.14. The third-order valence-corrected chi connectivity index (χ3v) is 7.60. The lowest BCUT2D eigenvalue weighted by atomic mass is 10.2. The molecule has 0 bridgehead atoms. The van der Waals surface area contributed by atoms with Gasteiger partial charge in [-0.1, -0.05) is 12.1 Å². The smallest absolute Gasteiger partial charge is 0.291 e. The van der Waals surface area contributed by atoms with Crippen molar-refractivity contribution < 1.29 is 22.4 Å². The SMILES string of the molecule is O=C(c1oc2ccccc2c1NS(=O)(=O)c1ccc(Br)s1)N1CCOCC1. The highest BCUT2D eigenvalue weighted by molar-refractivity contribution is 9.11. The Kier molecular flexibility index (Phi) is 4.97. The van der Waals surface area contributed by atoms with Crippen molar-refractivity contribution in [2.45, 2.75) is 4.21 Å². The van der Waals surface area contributed by atoms with Gasteiger partial charge in [0.1, 0.15) is 15.5 Å². The molecule has 1 saturated heterocycles. The number of nitrogens with zero attached hydrogens (tertiary/aromatic N) is 1. The van der Waals surface area contributed by atoms with Gasteiger partial charge in [0.25, 0.3) is 15.9 Å². The second kappa shape index (κ2) is 7.27. The van der Waals surface area contributed by atoms with E-state index in [0.29, 0.717) is 41.1 Å². The topological polar surface area (TPSA) is 88.8 Å². The summed E-state index contributed by atoms with van der Waals surface area (Å²) in [6.07, 6.45) is 0. The minimum absolute atomic E-state index is 0.0164. The third kappa shape index (κ3) is 3.62. The summed E-state index contributed by atoms with van der Waals surface area (Å²) in [7, 11) is -3.86. The number of halogens is 1. The van der Waals surface area contributed by atoms with Crippen molar-refractivity contribution in [1.82, 2.24) is 4.90 Å². The van der Waals surface area contributed by atoms with Gasteiger partial charge < -0.3 is 14.1 Å². The normalized spacial score (nSPS) is 15.2. The summed E-state index contributed by atoms with van der Waals surface area (Å²) in [6, 6.07) is 10.1. The largest absolute Gasteiger partial charge is 0.449 e. The number of fused-ring (bicyclic) bond motifs is 1.